The molecule has 0 rings (SSSR count). The Labute approximate surface area is 224 Å². The molecule has 0 saturated heterocycles. The van der Waals surface area contributed by atoms with Crippen molar-refractivity contribution >= 4 is 11.9 Å². The summed E-state index contributed by atoms with van der Waals surface area (Å²) in [5.74, 6) is -0.301. The summed E-state index contributed by atoms with van der Waals surface area (Å²) in [5, 5.41) is 2.77. The van der Waals surface area contributed by atoms with E-state index in [1.807, 2.05) is 14.1 Å². The quantitative estimate of drug-likeness (QED) is 0.0863. The van der Waals surface area contributed by atoms with E-state index >= 15 is 0 Å². The molecule has 212 valence electrons. The van der Waals surface area contributed by atoms with Gasteiger partial charge in [-0.25, -0.2) is 4.79 Å². The van der Waals surface area contributed by atoms with E-state index in [9.17, 15) is 9.59 Å². The lowest BCUT2D eigenvalue weighted by Gasteiger charge is -2.09. The van der Waals surface area contributed by atoms with E-state index in [1.165, 1.54) is 96.3 Å². The van der Waals surface area contributed by atoms with Crippen molar-refractivity contribution in [1.29, 1.82) is 0 Å². The first kappa shape index (κ1) is 36.5. The van der Waals surface area contributed by atoms with Crippen LogP contribution in [0.3, 0.4) is 0 Å². The van der Waals surface area contributed by atoms with E-state index < -0.39 is 0 Å². The van der Waals surface area contributed by atoms with Crippen molar-refractivity contribution < 1.29 is 14.3 Å². The zero-order chi connectivity index (χ0) is 27.4. The molecular weight excluding hydrogens is 448 g/mol. The normalized spacial score (nSPS) is 10.5. The molecule has 0 aliphatic heterocycles. The SMILES string of the molecule is C=C(C)C(=O)NCCCN(C)C.C=C(C)C(=O)OCCCCCCCCCCCCCCCCCC. The van der Waals surface area contributed by atoms with Gasteiger partial charge >= 0.3 is 5.97 Å². The maximum absolute atomic E-state index is 11.2. The highest BCUT2D eigenvalue weighted by atomic mass is 16.5. The van der Waals surface area contributed by atoms with E-state index in [-0.39, 0.29) is 11.9 Å². The molecule has 0 unspecified atom stereocenters. The van der Waals surface area contributed by atoms with Crippen LogP contribution >= 0.6 is 0 Å². The highest BCUT2D eigenvalue weighted by molar-refractivity contribution is 5.92. The lowest BCUT2D eigenvalue weighted by Crippen LogP contribution is -2.27. The minimum absolute atomic E-state index is 0.0474. The molecule has 0 bridgehead atoms. The van der Waals surface area contributed by atoms with Crippen LogP contribution in [0.25, 0.3) is 0 Å². The zero-order valence-corrected chi connectivity index (χ0v) is 24.7. The molecule has 1 amide bonds. The smallest absolute Gasteiger partial charge is 0.333 e. The number of ether oxygens (including phenoxy) is 1. The minimum Gasteiger partial charge on any atom is -0.462 e. The molecule has 0 aromatic carbocycles. The fourth-order valence-electron chi connectivity index (χ4n) is 3.69. The Morgan fingerprint density at radius 1 is 0.667 bits per heavy atom. The topological polar surface area (TPSA) is 58.6 Å². The monoisotopic (exact) mass is 508 g/mol. The van der Waals surface area contributed by atoms with Gasteiger partial charge in [0.05, 0.1) is 6.61 Å². The maximum atomic E-state index is 11.2. The second-order valence-electron chi connectivity index (χ2n) is 10.4. The van der Waals surface area contributed by atoms with Crippen LogP contribution in [-0.2, 0) is 14.3 Å². The van der Waals surface area contributed by atoms with Crippen molar-refractivity contribution in [2.24, 2.45) is 0 Å². The van der Waals surface area contributed by atoms with Gasteiger partial charge in [0, 0.05) is 17.7 Å². The van der Waals surface area contributed by atoms with Gasteiger partial charge < -0.3 is 15.0 Å². The van der Waals surface area contributed by atoms with Crippen LogP contribution in [0.4, 0.5) is 0 Å². The number of rotatable bonds is 23. The van der Waals surface area contributed by atoms with Gasteiger partial charge in [-0.1, -0.05) is 116 Å². The third-order valence-electron chi connectivity index (χ3n) is 6.03. The van der Waals surface area contributed by atoms with Gasteiger partial charge in [-0.15, -0.1) is 0 Å². The Hall–Kier alpha value is -1.62. The lowest BCUT2D eigenvalue weighted by molar-refractivity contribution is -0.139. The molecule has 0 heterocycles. The number of amides is 1. The first-order chi connectivity index (χ1) is 17.2. The van der Waals surface area contributed by atoms with Crippen LogP contribution in [0.15, 0.2) is 24.3 Å². The number of nitrogens with zero attached hydrogens (tertiary/aromatic N) is 1. The summed E-state index contributed by atoms with van der Waals surface area (Å²) in [4.78, 5) is 24.2. The van der Waals surface area contributed by atoms with Gasteiger partial charge in [0.2, 0.25) is 5.91 Å². The first-order valence-corrected chi connectivity index (χ1v) is 14.6. The van der Waals surface area contributed by atoms with Gasteiger partial charge in [0.25, 0.3) is 0 Å². The van der Waals surface area contributed by atoms with Gasteiger partial charge in [-0.05, 0) is 47.3 Å². The summed E-state index contributed by atoms with van der Waals surface area (Å²) >= 11 is 0. The van der Waals surface area contributed by atoms with Gasteiger partial charge in [0.15, 0.2) is 0 Å². The average Bonchev–Trinajstić information content (AvgIpc) is 2.83. The fraction of sp³-hybridized carbons (Fsp3) is 0.806. The number of hydrogen-bond donors (Lipinski definition) is 1. The summed E-state index contributed by atoms with van der Waals surface area (Å²) in [6.07, 6.45) is 22.7. The van der Waals surface area contributed by atoms with Crippen molar-refractivity contribution in [3.63, 3.8) is 0 Å². The van der Waals surface area contributed by atoms with E-state index in [4.69, 9.17) is 4.74 Å². The van der Waals surface area contributed by atoms with E-state index in [0.717, 1.165) is 25.9 Å². The predicted molar refractivity (Wildman–Crippen MR) is 156 cm³/mol. The largest absolute Gasteiger partial charge is 0.462 e. The van der Waals surface area contributed by atoms with E-state index in [0.29, 0.717) is 17.8 Å². The second-order valence-corrected chi connectivity index (χ2v) is 10.4. The Morgan fingerprint density at radius 3 is 1.44 bits per heavy atom. The average molecular weight is 509 g/mol. The Bertz CT molecular complexity index is 558. The van der Waals surface area contributed by atoms with Crippen molar-refractivity contribution in [3.8, 4) is 0 Å². The number of nitrogens with one attached hydrogen (secondary N) is 1. The van der Waals surface area contributed by atoms with Crippen LogP contribution in [0, 0.1) is 0 Å². The van der Waals surface area contributed by atoms with Crippen LogP contribution in [0.2, 0.25) is 0 Å². The van der Waals surface area contributed by atoms with Gasteiger partial charge in [0.1, 0.15) is 0 Å². The van der Waals surface area contributed by atoms with Crippen molar-refractivity contribution in [2.45, 2.75) is 130 Å². The molecule has 0 atom stereocenters. The predicted octanol–water partition coefficient (Wildman–Crippen LogP) is 8.00. The standard InChI is InChI=1S/C22H42O2.C9H18N2O/c1-4-5-6-7-8-9-10-11-12-13-14-15-16-17-18-19-20-24-22(23)21(2)3;1-8(2)9(12)10-6-5-7-11(3)4/h2,4-20H2,1,3H3;1,5-7H2,2-4H3,(H,10,12). The highest BCUT2D eigenvalue weighted by Gasteiger charge is 2.02. The van der Waals surface area contributed by atoms with Gasteiger partial charge in [-0.2, -0.15) is 0 Å². The van der Waals surface area contributed by atoms with E-state index in [2.05, 4.69) is 30.3 Å². The number of esters is 1. The molecule has 0 aliphatic rings. The van der Waals surface area contributed by atoms with Crippen LogP contribution in [0.1, 0.15) is 130 Å². The van der Waals surface area contributed by atoms with Crippen molar-refractivity contribution in [2.75, 3.05) is 33.8 Å². The summed E-state index contributed by atoms with van der Waals surface area (Å²) in [6, 6.07) is 0. The fourth-order valence-corrected chi connectivity index (χ4v) is 3.69. The number of carbonyl (C=O) groups is 2. The molecule has 0 saturated carbocycles. The lowest BCUT2D eigenvalue weighted by atomic mass is 10.0. The molecule has 0 aromatic rings. The summed E-state index contributed by atoms with van der Waals surface area (Å²) in [5.41, 5.74) is 1.06. The minimum atomic E-state index is -0.254. The highest BCUT2D eigenvalue weighted by Crippen LogP contribution is 2.13. The number of hydrogen-bond acceptors (Lipinski definition) is 4. The van der Waals surface area contributed by atoms with Crippen molar-refractivity contribution in [3.05, 3.63) is 24.3 Å². The molecule has 0 aromatic heterocycles. The van der Waals surface area contributed by atoms with Crippen LogP contribution in [-0.4, -0.2) is 50.6 Å². The summed E-state index contributed by atoms with van der Waals surface area (Å²) in [7, 11) is 4.03. The van der Waals surface area contributed by atoms with Gasteiger partial charge in [-0.3, -0.25) is 4.79 Å². The zero-order valence-electron chi connectivity index (χ0n) is 24.7. The Balaban J connectivity index is 0. The van der Waals surface area contributed by atoms with Crippen molar-refractivity contribution in [1.82, 2.24) is 10.2 Å². The molecule has 0 fully saturated rings. The molecular formula is C31H60N2O3. The summed E-state index contributed by atoms with van der Waals surface area (Å²) < 4.78 is 5.08. The number of unbranched alkanes of at least 4 members (excludes halogenated alkanes) is 15. The third kappa shape index (κ3) is 30.4. The van der Waals surface area contributed by atoms with E-state index in [1.54, 1.807) is 13.8 Å². The first-order valence-electron chi connectivity index (χ1n) is 14.6. The molecule has 1 N–H and O–H groups in total. The Morgan fingerprint density at radius 2 is 1.08 bits per heavy atom. The molecule has 5 heteroatoms. The second kappa shape index (κ2) is 28.0. The molecule has 0 spiro atoms. The number of carbonyl (C=O) groups excluding carboxylic acids is 2. The van der Waals surface area contributed by atoms with Crippen LogP contribution < -0.4 is 5.32 Å². The molecule has 0 radical (unpaired) electrons. The third-order valence-corrected chi connectivity index (χ3v) is 6.03. The summed E-state index contributed by atoms with van der Waals surface area (Å²) in [6.45, 7) is 15.1. The maximum Gasteiger partial charge on any atom is 0.333 e. The Kier molecular flexibility index (Phi) is 28.4. The van der Waals surface area contributed by atoms with Crippen LogP contribution in [0.5, 0.6) is 0 Å². The molecule has 0 aliphatic carbocycles. The molecule has 36 heavy (non-hydrogen) atoms. The molecule has 5 nitrogen and oxygen atoms in total.